The molecule has 154 valence electrons. The van der Waals surface area contributed by atoms with Crippen LogP contribution in [0.2, 0.25) is 0 Å². The zero-order chi connectivity index (χ0) is 19.9. The van der Waals surface area contributed by atoms with Gasteiger partial charge >= 0.3 is 0 Å². The molecule has 0 radical (unpaired) electrons. The standard InChI is InChI=1S/C21H30FN3O3/c22-18-5-7-19(8-6-18)28-15-16-3-1-11-25(13-16)21(27)17-4-2-10-24(14-17)12-9-20(23)26/h5-8,16-17H,1-4,9-15H2,(H2,23,26)/t16-,17+/m1/s1. The normalized spacial score (nSPS) is 23.4. The summed E-state index contributed by atoms with van der Waals surface area (Å²) in [6.07, 6.45) is 4.22. The topological polar surface area (TPSA) is 75.9 Å². The van der Waals surface area contributed by atoms with Crippen molar-refractivity contribution in [3.05, 3.63) is 30.1 Å². The van der Waals surface area contributed by atoms with Gasteiger partial charge in [-0.15, -0.1) is 0 Å². The number of likely N-dealkylation sites (tertiary alicyclic amines) is 2. The van der Waals surface area contributed by atoms with Crippen LogP contribution in [0.1, 0.15) is 32.1 Å². The maximum absolute atomic E-state index is 13.0. The van der Waals surface area contributed by atoms with Gasteiger partial charge in [-0.3, -0.25) is 9.59 Å². The van der Waals surface area contributed by atoms with E-state index < -0.39 is 0 Å². The Balaban J connectivity index is 1.48. The van der Waals surface area contributed by atoms with Gasteiger partial charge < -0.3 is 20.3 Å². The van der Waals surface area contributed by atoms with E-state index in [-0.39, 0.29) is 29.5 Å². The molecule has 2 saturated heterocycles. The van der Waals surface area contributed by atoms with Crippen molar-refractivity contribution in [3.8, 4) is 5.75 Å². The van der Waals surface area contributed by atoms with E-state index in [0.29, 0.717) is 38.4 Å². The second-order valence-corrected chi connectivity index (χ2v) is 7.91. The van der Waals surface area contributed by atoms with Crippen LogP contribution < -0.4 is 10.5 Å². The smallest absolute Gasteiger partial charge is 0.226 e. The van der Waals surface area contributed by atoms with E-state index in [2.05, 4.69) is 4.90 Å². The summed E-state index contributed by atoms with van der Waals surface area (Å²) in [5, 5.41) is 0. The minimum Gasteiger partial charge on any atom is -0.493 e. The number of nitrogens with zero attached hydrogens (tertiary/aromatic N) is 2. The second kappa shape index (κ2) is 9.87. The molecular formula is C21H30FN3O3. The van der Waals surface area contributed by atoms with Gasteiger partial charge in [0.2, 0.25) is 11.8 Å². The number of benzene rings is 1. The third kappa shape index (κ3) is 5.92. The van der Waals surface area contributed by atoms with Gasteiger partial charge in [0, 0.05) is 38.5 Å². The van der Waals surface area contributed by atoms with Crippen LogP contribution in [-0.4, -0.2) is 60.9 Å². The summed E-state index contributed by atoms with van der Waals surface area (Å²) in [5.74, 6) is 0.584. The monoisotopic (exact) mass is 391 g/mol. The van der Waals surface area contributed by atoms with Crippen LogP contribution in [0.4, 0.5) is 4.39 Å². The molecule has 2 fully saturated rings. The molecule has 1 aromatic carbocycles. The van der Waals surface area contributed by atoms with Crippen LogP contribution in [0.15, 0.2) is 24.3 Å². The number of carbonyl (C=O) groups excluding carboxylic acids is 2. The third-order valence-electron chi connectivity index (χ3n) is 5.66. The van der Waals surface area contributed by atoms with Gasteiger partial charge in [-0.1, -0.05) is 0 Å². The third-order valence-corrected chi connectivity index (χ3v) is 5.66. The first-order chi connectivity index (χ1) is 13.5. The van der Waals surface area contributed by atoms with Crippen LogP contribution >= 0.6 is 0 Å². The van der Waals surface area contributed by atoms with Gasteiger partial charge in [0.05, 0.1) is 12.5 Å². The van der Waals surface area contributed by atoms with E-state index in [1.807, 2.05) is 4.90 Å². The average Bonchev–Trinajstić information content (AvgIpc) is 2.72. The number of primary amides is 1. The minimum atomic E-state index is -0.298. The Morgan fingerprint density at radius 2 is 1.86 bits per heavy atom. The number of rotatable bonds is 7. The van der Waals surface area contributed by atoms with E-state index in [0.717, 1.165) is 38.8 Å². The maximum atomic E-state index is 13.0. The number of ether oxygens (including phenoxy) is 1. The van der Waals surface area contributed by atoms with Crippen molar-refractivity contribution in [2.24, 2.45) is 17.6 Å². The van der Waals surface area contributed by atoms with Crippen LogP contribution in [0.3, 0.4) is 0 Å². The van der Waals surface area contributed by atoms with Crippen molar-refractivity contribution >= 4 is 11.8 Å². The van der Waals surface area contributed by atoms with Gasteiger partial charge in [-0.2, -0.15) is 0 Å². The predicted octanol–water partition coefficient (Wildman–Crippen LogP) is 2.03. The van der Waals surface area contributed by atoms with Gasteiger partial charge in [-0.25, -0.2) is 4.39 Å². The largest absolute Gasteiger partial charge is 0.493 e. The second-order valence-electron chi connectivity index (χ2n) is 7.91. The SMILES string of the molecule is NC(=O)CCN1CCC[C@H](C(=O)N2CCC[C@@H](COc3ccc(F)cc3)C2)C1. The maximum Gasteiger partial charge on any atom is 0.226 e. The number of hydrogen-bond acceptors (Lipinski definition) is 4. The van der Waals surface area contributed by atoms with Gasteiger partial charge in [0.15, 0.2) is 0 Å². The zero-order valence-electron chi connectivity index (χ0n) is 16.3. The first-order valence-electron chi connectivity index (χ1n) is 10.2. The molecule has 2 N–H and O–H groups in total. The fraction of sp³-hybridized carbons (Fsp3) is 0.619. The highest BCUT2D eigenvalue weighted by atomic mass is 19.1. The highest BCUT2D eigenvalue weighted by Gasteiger charge is 2.32. The van der Waals surface area contributed by atoms with Crippen molar-refractivity contribution in [1.82, 2.24) is 9.80 Å². The van der Waals surface area contributed by atoms with Crippen molar-refractivity contribution in [1.29, 1.82) is 0 Å². The molecule has 6 nitrogen and oxygen atoms in total. The lowest BCUT2D eigenvalue weighted by molar-refractivity contribution is -0.139. The molecule has 2 heterocycles. The first-order valence-corrected chi connectivity index (χ1v) is 10.2. The molecule has 0 spiro atoms. The van der Waals surface area contributed by atoms with Crippen LogP contribution in [-0.2, 0) is 9.59 Å². The molecular weight excluding hydrogens is 361 g/mol. The molecule has 0 unspecified atom stereocenters. The minimum absolute atomic E-state index is 0.00149. The molecule has 0 aliphatic carbocycles. The summed E-state index contributed by atoms with van der Waals surface area (Å²) < 4.78 is 18.8. The number of hydrogen-bond donors (Lipinski definition) is 1. The Morgan fingerprint density at radius 3 is 2.61 bits per heavy atom. The fourth-order valence-corrected chi connectivity index (χ4v) is 4.13. The highest BCUT2D eigenvalue weighted by molar-refractivity contribution is 5.79. The first kappa shape index (κ1) is 20.6. The highest BCUT2D eigenvalue weighted by Crippen LogP contribution is 2.24. The Bertz CT molecular complexity index is 667. The van der Waals surface area contributed by atoms with Crippen molar-refractivity contribution in [2.45, 2.75) is 32.1 Å². The molecule has 1 aromatic rings. The Hall–Kier alpha value is -2.15. The Morgan fingerprint density at radius 1 is 1.11 bits per heavy atom. The lowest BCUT2D eigenvalue weighted by Crippen LogP contribution is -2.48. The Labute approximate surface area is 165 Å². The van der Waals surface area contributed by atoms with Crippen LogP contribution in [0.25, 0.3) is 0 Å². The lowest BCUT2D eigenvalue weighted by atomic mass is 9.93. The predicted molar refractivity (Wildman–Crippen MR) is 104 cm³/mol. The molecule has 0 bridgehead atoms. The average molecular weight is 391 g/mol. The quantitative estimate of drug-likeness (QED) is 0.772. The molecule has 28 heavy (non-hydrogen) atoms. The van der Waals surface area contributed by atoms with Gasteiger partial charge in [0.25, 0.3) is 0 Å². The molecule has 2 aliphatic rings. The number of amides is 2. The molecule has 0 aromatic heterocycles. The van der Waals surface area contributed by atoms with E-state index in [1.54, 1.807) is 12.1 Å². The van der Waals surface area contributed by atoms with Crippen LogP contribution in [0, 0.1) is 17.7 Å². The number of halogens is 1. The van der Waals surface area contributed by atoms with E-state index in [9.17, 15) is 14.0 Å². The molecule has 7 heteroatoms. The number of carbonyl (C=O) groups is 2. The summed E-state index contributed by atoms with van der Waals surface area (Å²) >= 11 is 0. The van der Waals surface area contributed by atoms with E-state index in [1.165, 1.54) is 12.1 Å². The van der Waals surface area contributed by atoms with Crippen molar-refractivity contribution in [3.63, 3.8) is 0 Å². The number of nitrogens with two attached hydrogens (primary N) is 1. The fourth-order valence-electron chi connectivity index (χ4n) is 4.13. The van der Waals surface area contributed by atoms with Gasteiger partial charge in [-0.05, 0) is 56.5 Å². The molecule has 2 atom stereocenters. The summed E-state index contributed by atoms with van der Waals surface area (Å²) in [6, 6.07) is 6.03. The van der Waals surface area contributed by atoms with E-state index in [4.69, 9.17) is 10.5 Å². The Kier molecular flexibility index (Phi) is 7.25. The summed E-state index contributed by atoms with van der Waals surface area (Å²) in [6.45, 7) is 4.30. The van der Waals surface area contributed by atoms with Crippen molar-refractivity contribution in [2.75, 3.05) is 39.3 Å². The molecule has 3 rings (SSSR count). The molecule has 2 amide bonds. The summed E-state index contributed by atoms with van der Waals surface area (Å²) in [5.41, 5.74) is 5.24. The molecule has 2 aliphatic heterocycles. The summed E-state index contributed by atoms with van der Waals surface area (Å²) in [4.78, 5) is 28.2. The number of piperidine rings is 2. The molecule has 0 saturated carbocycles. The van der Waals surface area contributed by atoms with Crippen molar-refractivity contribution < 1.29 is 18.7 Å². The lowest BCUT2D eigenvalue weighted by Gasteiger charge is -2.38. The van der Waals surface area contributed by atoms with Gasteiger partial charge in [0.1, 0.15) is 11.6 Å². The van der Waals surface area contributed by atoms with Crippen LogP contribution in [0.5, 0.6) is 5.75 Å². The summed E-state index contributed by atoms with van der Waals surface area (Å²) in [7, 11) is 0. The van der Waals surface area contributed by atoms with E-state index >= 15 is 0 Å². The zero-order valence-corrected chi connectivity index (χ0v) is 16.3.